The van der Waals surface area contributed by atoms with Crippen molar-refractivity contribution in [3.05, 3.63) is 46.7 Å². The zero-order valence-corrected chi connectivity index (χ0v) is 12.8. The van der Waals surface area contributed by atoms with Gasteiger partial charge >= 0.3 is 0 Å². The van der Waals surface area contributed by atoms with Crippen LogP contribution in [0.3, 0.4) is 0 Å². The van der Waals surface area contributed by atoms with Gasteiger partial charge in [-0.2, -0.15) is 0 Å². The van der Waals surface area contributed by atoms with Gasteiger partial charge in [-0.15, -0.1) is 0 Å². The number of anilines is 2. The summed E-state index contributed by atoms with van der Waals surface area (Å²) < 4.78 is 0. The van der Waals surface area contributed by atoms with Gasteiger partial charge in [0.05, 0.1) is 0 Å². The van der Waals surface area contributed by atoms with Crippen molar-refractivity contribution in [3.63, 3.8) is 0 Å². The Morgan fingerprint density at radius 3 is 2.55 bits per heavy atom. The zero-order chi connectivity index (χ0) is 14.5. The third kappa shape index (κ3) is 3.39. The average Bonchev–Trinajstić information content (AvgIpc) is 2.44. The Bertz CT molecular complexity index is 569. The molecule has 0 spiro atoms. The first-order valence-corrected chi connectivity index (χ1v) is 7.00. The van der Waals surface area contributed by atoms with E-state index in [1.807, 2.05) is 38.2 Å². The lowest BCUT2D eigenvalue weighted by Crippen LogP contribution is -2.19. The molecule has 0 aliphatic carbocycles. The highest BCUT2D eigenvalue weighted by molar-refractivity contribution is 6.30. The number of benzene rings is 1. The van der Waals surface area contributed by atoms with E-state index in [4.69, 9.17) is 11.6 Å². The smallest absolute Gasteiger partial charge is 0.137 e. The summed E-state index contributed by atoms with van der Waals surface area (Å²) in [5.41, 5.74) is 2.26. The molecule has 4 nitrogen and oxygen atoms in total. The molecule has 1 aromatic carbocycles. The predicted molar refractivity (Wildman–Crippen MR) is 84.5 cm³/mol. The topological polar surface area (TPSA) is 41.1 Å². The van der Waals surface area contributed by atoms with Gasteiger partial charge < -0.3 is 10.2 Å². The number of hydrogen-bond donors (Lipinski definition) is 1. The predicted octanol–water partition coefficient (Wildman–Crippen LogP) is 3.51. The van der Waals surface area contributed by atoms with Crippen molar-refractivity contribution in [2.24, 2.45) is 0 Å². The fourth-order valence-electron chi connectivity index (χ4n) is 2.11. The van der Waals surface area contributed by atoms with Crippen LogP contribution < -0.4 is 10.2 Å². The molecular weight excluding hydrogens is 272 g/mol. The molecule has 0 atom stereocenters. The van der Waals surface area contributed by atoms with E-state index < -0.39 is 0 Å². The van der Waals surface area contributed by atoms with Gasteiger partial charge in [-0.25, -0.2) is 9.97 Å². The highest BCUT2D eigenvalue weighted by atomic mass is 35.5. The second-order valence-electron chi connectivity index (χ2n) is 4.68. The number of hydrogen-bond acceptors (Lipinski definition) is 4. The van der Waals surface area contributed by atoms with Crippen LogP contribution in [0.2, 0.25) is 5.02 Å². The van der Waals surface area contributed by atoms with Crippen molar-refractivity contribution < 1.29 is 0 Å². The van der Waals surface area contributed by atoms with Crippen LogP contribution in [-0.4, -0.2) is 23.6 Å². The molecule has 1 heterocycles. The Kier molecular flexibility index (Phi) is 4.79. The van der Waals surface area contributed by atoms with E-state index in [9.17, 15) is 0 Å². The van der Waals surface area contributed by atoms with Crippen LogP contribution >= 0.6 is 11.6 Å². The summed E-state index contributed by atoms with van der Waals surface area (Å²) in [4.78, 5) is 10.8. The largest absolute Gasteiger partial charge is 0.370 e. The summed E-state index contributed by atoms with van der Waals surface area (Å²) >= 11 is 5.90. The lowest BCUT2D eigenvalue weighted by molar-refractivity contribution is 0.881. The molecule has 20 heavy (non-hydrogen) atoms. The molecule has 0 aliphatic rings. The van der Waals surface area contributed by atoms with E-state index in [0.29, 0.717) is 0 Å². The maximum Gasteiger partial charge on any atom is 0.137 e. The number of nitrogens with zero attached hydrogens (tertiary/aromatic N) is 3. The van der Waals surface area contributed by atoms with E-state index in [1.165, 1.54) is 5.56 Å². The minimum Gasteiger partial charge on any atom is -0.370 e. The maximum absolute atomic E-state index is 5.90. The second-order valence-corrected chi connectivity index (χ2v) is 5.12. The van der Waals surface area contributed by atoms with Crippen LogP contribution in [-0.2, 0) is 6.54 Å². The van der Waals surface area contributed by atoms with E-state index in [0.717, 1.165) is 35.3 Å². The Morgan fingerprint density at radius 1 is 1.20 bits per heavy atom. The molecule has 2 rings (SSSR count). The first kappa shape index (κ1) is 14.6. The van der Waals surface area contributed by atoms with Gasteiger partial charge in [0.1, 0.15) is 18.0 Å². The Hall–Kier alpha value is -1.81. The molecule has 5 heteroatoms. The van der Waals surface area contributed by atoms with Crippen molar-refractivity contribution in [2.45, 2.75) is 20.4 Å². The van der Waals surface area contributed by atoms with Crippen LogP contribution in [0.1, 0.15) is 18.1 Å². The van der Waals surface area contributed by atoms with Gasteiger partial charge in [0.15, 0.2) is 0 Å². The SMILES string of the molecule is CCNc1ncnc(N(C)Cc2ccc(Cl)cc2)c1C. The molecule has 0 fully saturated rings. The van der Waals surface area contributed by atoms with Crippen molar-refractivity contribution in [1.29, 1.82) is 0 Å². The molecule has 106 valence electrons. The Balaban J connectivity index is 2.18. The molecule has 0 unspecified atom stereocenters. The highest BCUT2D eigenvalue weighted by Gasteiger charge is 2.11. The van der Waals surface area contributed by atoms with Gasteiger partial charge in [-0.05, 0) is 31.5 Å². The fraction of sp³-hybridized carbons (Fsp3) is 0.333. The third-order valence-electron chi connectivity index (χ3n) is 3.10. The summed E-state index contributed by atoms with van der Waals surface area (Å²) in [6, 6.07) is 7.87. The zero-order valence-electron chi connectivity index (χ0n) is 12.0. The molecule has 0 saturated carbocycles. The lowest BCUT2D eigenvalue weighted by Gasteiger charge is -2.21. The van der Waals surface area contributed by atoms with Crippen molar-refractivity contribution in [1.82, 2.24) is 9.97 Å². The molecule has 0 amide bonds. The van der Waals surface area contributed by atoms with Crippen LogP contribution in [0, 0.1) is 6.92 Å². The monoisotopic (exact) mass is 290 g/mol. The number of aromatic nitrogens is 2. The maximum atomic E-state index is 5.90. The van der Waals surface area contributed by atoms with E-state index in [2.05, 4.69) is 27.1 Å². The number of rotatable bonds is 5. The highest BCUT2D eigenvalue weighted by Crippen LogP contribution is 2.22. The normalized spacial score (nSPS) is 10.4. The molecule has 1 aromatic heterocycles. The van der Waals surface area contributed by atoms with Gasteiger partial charge in [-0.1, -0.05) is 23.7 Å². The standard InChI is InChI=1S/C15H19ClN4/c1-4-17-14-11(2)15(19-10-18-14)20(3)9-12-5-7-13(16)8-6-12/h5-8,10H,4,9H2,1-3H3,(H,17,18,19). The van der Waals surface area contributed by atoms with Gasteiger partial charge in [0.2, 0.25) is 0 Å². The minimum atomic E-state index is 0.754. The minimum absolute atomic E-state index is 0.754. The van der Waals surface area contributed by atoms with Crippen molar-refractivity contribution in [2.75, 3.05) is 23.8 Å². The lowest BCUT2D eigenvalue weighted by atomic mass is 10.2. The Labute approximate surface area is 124 Å². The van der Waals surface area contributed by atoms with Crippen LogP contribution in [0.5, 0.6) is 0 Å². The van der Waals surface area contributed by atoms with E-state index in [1.54, 1.807) is 6.33 Å². The summed E-state index contributed by atoms with van der Waals surface area (Å²) in [7, 11) is 2.03. The molecule has 0 aliphatic heterocycles. The first-order chi connectivity index (χ1) is 9.61. The fourth-order valence-corrected chi connectivity index (χ4v) is 2.24. The molecule has 0 saturated heterocycles. The van der Waals surface area contributed by atoms with Gasteiger partial charge in [0.25, 0.3) is 0 Å². The molecule has 2 aromatic rings. The first-order valence-electron chi connectivity index (χ1n) is 6.63. The quantitative estimate of drug-likeness (QED) is 0.915. The summed E-state index contributed by atoms with van der Waals surface area (Å²) in [6.45, 7) is 5.71. The van der Waals surface area contributed by atoms with Gasteiger partial charge in [0, 0.05) is 30.7 Å². The summed E-state index contributed by atoms with van der Waals surface area (Å²) in [5.74, 6) is 1.83. The number of halogens is 1. The molecule has 0 bridgehead atoms. The molecular formula is C15H19ClN4. The van der Waals surface area contributed by atoms with Gasteiger partial charge in [-0.3, -0.25) is 0 Å². The van der Waals surface area contributed by atoms with Crippen LogP contribution in [0.25, 0.3) is 0 Å². The molecule has 1 N–H and O–H groups in total. The molecule has 0 radical (unpaired) electrons. The summed E-state index contributed by atoms with van der Waals surface area (Å²) in [5, 5.41) is 4.00. The second kappa shape index (κ2) is 6.57. The van der Waals surface area contributed by atoms with E-state index >= 15 is 0 Å². The van der Waals surface area contributed by atoms with Crippen molar-refractivity contribution >= 4 is 23.2 Å². The summed E-state index contributed by atoms with van der Waals surface area (Å²) in [6.07, 6.45) is 1.60. The van der Waals surface area contributed by atoms with Crippen LogP contribution in [0.15, 0.2) is 30.6 Å². The third-order valence-corrected chi connectivity index (χ3v) is 3.35. The average molecular weight is 291 g/mol. The Morgan fingerprint density at radius 2 is 1.90 bits per heavy atom. The number of nitrogens with one attached hydrogen (secondary N) is 1. The van der Waals surface area contributed by atoms with Crippen LogP contribution in [0.4, 0.5) is 11.6 Å². The van der Waals surface area contributed by atoms with E-state index in [-0.39, 0.29) is 0 Å². The van der Waals surface area contributed by atoms with Crippen molar-refractivity contribution in [3.8, 4) is 0 Å².